The zero-order chi connectivity index (χ0) is 12.8. The predicted molar refractivity (Wildman–Crippen MR) is 57.9 cm³/mol. The van der Waals surface area contributed by atoms with Crippen LogP contribution in [0.1, 0.15) is 0 Å². The number of nitrogens with zero attached hydrogens (tertiary/aromatic N) is 1. The molecule has 0 aliphatic carbocycles. The van der Waals surface area contributed by atoms with Crippen molar-refractivity contribution in [2.75, 3.05) is 26.1 Å². The molecule has 1 aromatic rings. The molecule has 1 unspecified atom stereocenters. The fraction of sp³-hybridized carbons (Fsp3) is 0.444. The Morgan fingerprint density at radius 2 is 2.35 bits per heavy atom. The SMILES string of the molecule is COC(=O)C(CO)Nc1nc[nH]c(=O)c1OC. The van der Waals surface area contributed by atoms with Gasteiger partial charge < -0.3 is 24.9 Å². The van der Waals surface area contributed by atoms with Gasteiger partial charge in [-0.25, -0.2) is 9.78 Å². The summed E-state index contributed by atoms with van der Waals surface area (Å²) >= 11 is 0. The minimum absolute atomic E-state index is 0.0562. The topological polar surface area (TPSA) is 114 Å². The molecule has 0 radical (unpaired) electrons. The third-order valence-electron chi connectivity index (χ3n) is 1.99. The summed E-state index contributed by atoms with van der Waals surface area (Å²) in [5, 5.41) is 11.6. The molecule has 0 saturated carbocycles. The maximum atomic E-state index is 11.3. The van der Waals surface area contributed by atoms with Crippen LogP contribution in [0.3, 0.4) is 0 Å². The maximum Gasteiger partial charge on any atom is 0.330 e. The molecule has 0 fully saturated rings. The molecular formula is C9H13N3O5. The van der Waals surface area contributed by atoms with Crippen LogP contribution in [0.25, 0.3) is 0 Å². The molecule has 17 heavy (non-hydrogen) atoms. The highest BCUT2D eigenvalue weighted by Crippen LogP contribution is 2.15. The van der Waals surface area contributed by atoms with E-state index >= 15 is 0 Å². The second-order valence-corrected chi connectivity index (χ2v) is 3.02. The molecule has 1 atom stereocenters. The molecule has 3 N–H and O–H groups in total. The molecule has 0 amide bonds. The normalized spacial score (nSPS) is 11.7. The summed E-state index contributed by atoms with van der Waals surface area (Å²) in [5.41, 5.74) is -0.494. The van der Waals surface area contributed by atoms with Crippen LogP contribution in [-0.2, 0) is 9.53 Å². The molecule has 8 heteroatoms. The third kappa shape index (κ3) is 2.94. The van der Waals surface area contributed by atoms with E-state index in [1.165, 1.54) is 14.2 Å². The highest BCUT2D eigenvalue weighted by atomic mass is 16.5. The minimum Gasteiger partial charge on any atom is -0.489 e. The lowest BCUT2D eigenvalue weighted by atomic mass is 10.3. The van der Waals surface area contributed by atoms with Crippen LogP contribution in [0, 0.1) is 0 Å². The average molecular weight is 243 g/mol. The van der Waals surface area contributed by atoms with Crippen molar-refractivity contribution < 1.29 is 19.4 Å². The van der Waals surface area contributed by atoms with Crippen LogP contribution in [0.2, 0.25) is 0 Å². The van der Waals surface area contributed by atoms with Gasteiger partial charge in [0.1, 0.15) is 6.04 Å². The Balaban J connectivity index is 2.97. The van der Waals surface area contributed by atoms with E-state index < -0.39 is 24.2 Å². The van der Waals surface area contributed by atoms with E-state index in [-0.39, 0.29) is 11.6 Å². The summed E-state index contributed by atoms with van der Waals surface area (Å²) in [6.45, 7) is -0.496. The van der Waals surface area contributed by atoms with E-state index in [0.29, 0.717) is 0 Å². The Bertz CT molecular complexity index is 445. The van der Waals surface area contributed by atoms with E-state index in [4.69, 9.17) is 9.84 Å². The molecule has 0 aliphatic rings. The molecule has 0 bridgehead atoms. The first kappa shape index (κ1) is 13.0. The molecular weight excluding hydrogens is 230 g/mol. The van der Waals surface area contributed by atoms with E-state index in [1.54, 1.807) is 0 Å². The molecule has 0 aromatic carbocycles. The Morgan fingerprint density at radius 3 is 2.88 bits per heavy atom. The first-order valence-electron chi connectivity index (χ1n) is 4.71. The standard InChI is InChI=1S/C9H13N3O5/c1-16-6-7(10-4-11-8(6)14)12-5(3-13)9(15)17-2/h4-5,13H,3H2,1-2H3,(H2,10,11,12,14). The number of aromatic nitrogens is 2. The summed E-state index contributed by atoms with van der Waals surface area (Å²) in [7, 11) is 2.48. The summed E-state index contributed by atoms with van der Waals surface area (Å²) < 4.78 is 9.30. The van der Waals surface area contributed by atoms with Crippen LogP contribution < -0.4 is 15.6 Å². The van der Waals surface area contributed by atoms with Gasteiger partial charge in [0.2, 0.25) is 5.75 Å². The number of methoxy groups -OCH3 is 2. The number of hydrogen-bond donors (Lipinski definition) is 3. The first-order valence-corrected chi connectivity index (χ1v) is 4.71. The number of rotatable bonds is 5. The van der Waals surface area contributed by atoms with Crippen molar-refractivity contribution in [3.05, 3.63) is 16.7 Å². The highest BCUT2D eigenvalue weighted by molar-refractivity contribution is 5.79. The van der Waals surface area contributed by atoms with E-state index in [9.17, 15) is 9.59 Å². The van der Waals surface area contributed by atoms with Crippen molar-refractivity contribution >= 4 is 11.8 Å². The largest absolute Gasteiger partial charge is 0.489 e. The van der Waals surface area contributed by atoms with Crippen molar-refractivity contribution in [1.82, 2.24) is 9.97 Å². The molecule has 8 nitrogen and oxygen atoms in total. The van der Waals surface area contributed by atoms with Gasteiger partial charge in [-0.1, -0.05) is 0 Å². The number of carbonyl (C=O) groups is 1. The van der Waals surface area contributed by atoms with Gasteiger partial charge in [-0.3, -0.25) is 4.79 Å². The lowest BCUT2D eigenvalue weighted by Gasteiger charge is -2.15. The van der Waals surface area contributed by atoms with Gasteiger partial charge in [-0.05, 0) is 0 Å². The Morgan fingerprint density at radius 1 is 1.65 bits per heavy atom. The zero-order valence-electron chi connectivity index (χ0n) is 9.39. The average Bonchev–Trinajstić information content (AvgIpc) is 2.35. The van der Waals surface area contributed by atoms with Crippen LogP contribution in [0.4, 0.5) is 5.82 Å². The number of aromatic amines is 1. The number of hydrogen-bond acceptors (Lipinski definition) is 7. The molecule has 1 heterocycles. The summed E-state index contributed by atoms with van der Waals surface area (Å²) in [5.74, 6) is -0.688. The summed E-state index contributed by atoms with van der Waals surface area (Å²) in [6.07, 6.45) is 1.15. The maximum absolute atomic E-state index is 11.3. The fourth-order valence-corrected chi connectivity index (χ4v) is 1.17. The first-order chi connectivity index (χ1) is 8.13. The van der Waals surface area contributed by atoms with Gasteiger partial charge in [-0.15, -0.1) is 0 Å². The quantitative estimate of drug-likeness (QED) is 0.552. The lowest BCUT2D eigenvalue weighted by Crippen LogP contribution is -2.35. The third-order valence-corrected chi connectivity index (χ3v) is 1.99. The van der Waals surface area contributed by atoms with Crippen molar-refractivity contribution in [2.24, 2.45) is 0 Å². The van der Waals surface area contributed by atoms with E-state index in [2.05, 4.69) is 20.0 Å². The molecule has 0 saturated heterocycles. The highest BCUT2D eigenvalue weighted by Gasteiger charge is 2.21. The monoisotopic (exact) mass is 243 g/mol. The van der Waals surface area contributed by atoms with Crippen molar-refractivity contribution in [3.63, 3.8) is 0 Å². The smallest absolute Gasteiger partial charge is 0.330 e. The zero-order valence-corrected chi connectivity index (χ0v) is 9.39. The number of aliphatic hydroxyl groups is 1. The number of H-pyrrole nitrogens is 1. The van der Waals surface area contributed by atoms with Gasteiger partial charge in [0, 0.05) is 0 Å². The van der Waals surface area contributed by atoms with E-state index in [0.717, 1.165) is 6.33 Å². The molecule has 94 valence electrons. The van der Waals surface area contributed by atoms with Crippen LogP contribution in [-0.4, -0.2) is 47.9 Å². The number of esters is 1. The second-order valence-electron chi connectivity index (χ2n) is 3.02. The second kappa shape index (κ2) is 5.85. The van der Waals surface area contributed by atoms with Gasteiger partial charge in [0.25, 0.3) is 5.56 Å². The van der Waals surface area contributed by atoms with Crippen LogP contribution in [0.5, 0.6) is 5.75 Å². The Labute approximate surface area is 96.6 Å². The summed E-state index contributed by atoms with van der Waals surface area (Å²) in [6, 6.07) is -1.01. The number of aliphatic hydroxyl groups excluding tert-OH is 1. The van der Waals surface area contributed by atoms with Crippen LogP contribution in [0.15, 0.2) is 11.1 Å². The Kier molecular flexibility index (Phi) is 4.46. The molecule has 0 aliphatic heterocycles. The number of ether oxygens (including phenoxy) is 2. The minimum atomic E-state index is -1.01. The fourth-order valence-electron chi connectivity index (χ4n) is 1.17. The molecule has 1 rings (SSSR count). The van der Waals surface area contributed by atoms with Gasteiger partial charge in [-0.2, -0.15) is 0 Å². The van der Waals surface area contributed by atoms with Gasteiger partial charge in [0.05, 0.1) is 27.2 Å². The number of anilines is 1. The number of nitrogens with one attached hydrogen (secondary N) is 2. The van der Waals surface area contributed by atoms with Crippen LogP contribution >= 0.6 is 0 Å². The van der Waals surface area contributed by atoms with Gasteiger partial charge >= 0.3 is 5.97 Å². The van der Waals surface area contributed by atoms with Crippen molar-refractivity contribution in [1.29, 1.82) is 0 Å². The van der Waals surface area contributed by atoms with Gasteiger partial charge in [0.15, 0.2) is 5.82 Å². The molecule has 0 spiro atoms. The Hall–Kier alpha value is -2.09. The van der Waals surface area contributed by atoms with E-state index in [1.807, 2.05) is 0 Å². The molecule has 1 aromatic heterocycles. The van der Waals surface area contributed by atoms with Crippen molar-refractivity contribution in [2.45, 2.75) is 6.04 Å². The van der Waals surface area contributed by atoms with Crippen molar-refractivity contribution in [3.8, 4) is 5.75 Å². The number of carbonyl (C=O) groups excluding carboxylic acids is 1. The predicted octanol–water partition coefficient (Wildman–Crippen LogP) is -1.28. The summed E-state index contributed by atoms with van der Waals surface area (Å²) in [4.78, 5) is 28.7. The lowest BCUT2D eigenvalue weighted by molar-refractivity contribution is -0.142.